The summed E-state index contributed by atoms with van der Waals surface area (Å²) >= 11 is 0. The minimum Gasteiger partial charge on any atom is -0.378 e. The van der Waals surface area contributed by atoms with Crippen molar-refractivity contribution in [2.45, 2.75) is 102 Å². The Morgan fingerprint density at radius 2 is 1.59 bits per heavy atom. The number of Topliss-reactive ketones (excluding diaryl/α,β-unsaturated/α-hetero) is 1. The maximum absolute atomic E-state index is 14.3. The van der Waals surface area contributed by atoms with E-state index in [0.717, 1.165) is 11.1 Å². The molecule has 0 spiro atoms. The first kappa shape index (κ1) is 43.0. The Morgan fingerprint density at radius 3 is 2.24 bits per heavy atom. The Bertz CT molecular complexity index is 1950. The molecule has 3 saturated heterocycles. The maximum Gasteiger partial charge on any atom is 0.417 e. The summed E-state index contributed by atoms with van der Waals surface area (Å²) in [6, 6.07) is 15.9. The van der Waals surface area contributed by atoms with E-state index < -0.39 is 65.5 Å². The molecule has 2 unspecified atom stereocenters. The van der Waals surface area contributed by atoms with Crippen LogP contribution in [0.4, 0.5) is 4.79 Å². The van der Waals surface area contributed by atoms with Crippen molar-refractivity contribution in [3.8, 4) is 5.95 Å². The van der Waals surface area contributed by atoms with Gasteiger partial charge in [0.2, 0.25) is 23.6 Å². The van der Waals surface area contributed by atoms with Crippen molar-refractivity contribution in [1.29, 1.82) is 0 Å². The minimum absolute atomic E-state index is 0.0973. The molecule has 3 aromatic rings. The van der Waals surface area contributed by atoms with E-state index in [9.17, 15) is 28.8 Å². The predicted molar refractivity (Wildman–Crippen MR) is 213 cm³/mol. The van der Waals surface area contributed by atoms with Gasteiger partial charge in [0.05, 0.1) is 38.0 Å². The molecular weight excluding hydrogens is 761 g/mol. The number of ketones is 1. The number of ether oxygens (including phenoxy) is 3. The Kier molecular flexibility index (Phi) is 14.2. The van der Waals surface area contributed by atoms with Gasteiger partial charge in [-0.15, -0.1) is 0 Å². The van der Waals surface area contributed by atoms with Gasteiger partial charge in [0.15, 0.2) is 5.78 Å². The fourth-order valence-electron chi connectivity index (χ4n) is 7.51. The predicted octanol–water partition coefficient (Wildman–Crippen LogP) is 2.77. The van der Waals surface area contributed by atoms with Gasteiger partial charge in [0, 0.05) is 31.6 Å². The summed E-state index contributed by atoms with van der Waals surface area (Å²) in [6.45, 7) is 9.29. The Labute approximate surface area is 343 Å². The molecule has 3 aliphatic rings. The smallest absolute Gasteiger partial charge is 0.378 e. The topological polar surface area (TPSA) is 202 Å². The first-order valence-electron chi connectivity index (χ1n) is 20.3. The zero-order valence-electron chi connectivity index (χ0n) is 34.0. The van der Waals surface area contributed by atoms with Gasteiger partial charge >= 0.3 is 12.0 Å². The van der Waals surface area contributed by atoms with Crippen molar-refractivity contribution in [3.05, 3.63) is 83.6 Å². The molecule has 3 fully saturated rings. The molecule has 0 radical (unpaired) electrons. The lowest BCUT2D eigenvalue weighted by molar-refractivity contribution is -0.142. The first-order valence-corrected chi connectivity index (χ1v) is 20.3. The van der Waals surface area contributed by atoms with Crippen LogP contribution >= 0.6 is 0 Å². The molecule has 5 amide bonds. The van der Waals surface area contributed by atoms with E-state index in [1.807, 2.05) is 81.4 Å². The second kappa shape index (κ2) is 19.4. The summed E-state index contributed by atoms with van der Waals surface area (Å²) in [5.41, 5.74) is 1.01. The molecule has 0 bridgehead atoms. The van der Waals surface area contributed by atoms with Gasteiger partial charge in [0.25, 0.3) is 0 Å². The quantitative estimate of drug-likeness (QED) is 0.160. The van der Waals surface area contributed by atoms with Crippen molar-refractivity contribution < 1.29 is 47.5 Å². The number of epoxide rings is 1. The third-order valence-electron chi connectivity index (χ3n) is 10.8. The number of amides is 5. The molecule has 6 rings (SSSR count). The summed E-state index contributed by atoms with van der Waals surface area (Å²) in [4.78, 5) is 84.9. The summed E-state index contributed by atoms with van der Waals surface area (Å²) in [7, 11) is 0. The average Bonchev–Trinajstić information content (AvgIpc) is 3.73. The number of benzene rings is 2. The molecule has 0 saturated carbocycles. The first-order chi connectivity index (χ1) is 28.3. The third-order valence-corrected chi connectivity index (χ3v) is 10.8. The zero-order valence-corrected chi connectivity index (χ0v) is 34.0. The lowest BCUT2D eigenvalue weighted by atomic mass is 9.92. The highest BCUT2D eigenvalue weighted by Crippen LogP contribution is 2.30. The number of carbonyl (C=O) groups excluding carboxylic acids is 6. The number of rotatable bonds is 18. The van der Waals surface area contributed by atoms with Gasteiger partial charge in [-0.25, -0.2) is 4.79 Å². The summed E-state index contributed by atoms with van der Waals surface area (Å²) in [6.07, 6.45) is 0.576. The van der Waals surface area contributed by atoms with E-state index in [2.05, 4.69) is 21.1 Å². The van der Waals surface area contributed by atoms with Gasteiger partial charge < -0.3 is 44.5 Å². The van der Waals surface area contributed by atoms with Crippen LogP contribution in [0.3, 0.4) is 0 Å². The Balaban J connectivity index is 1.14. The normalized spacial score (nSPS) is 21.7. The number of aromatic nitrogens is 1. The van der Waals surface area contributed by atoms with Crippen molar-refractivity contribution in [2.24, 2.45) is 5.92 Å². The van der Waals surface area contributed by atoms with Crippen LogP contribution in [-0.4, -0.2) is 119 Å². The van der Waals surface area contributed by atoms with E-state index >= 15 is 0 Å². The number of morpholine rings is 1. The Hall–Kier alpha value is -5.61. The van der Waals surface area contributed by atoms with Crippen LogP contribution in [0.25, 0.3) is 0 Å². The van der Waals surface area contributed by atoms with Crippen LogP contribution in [0.1, 0.15) is 63.8 Å². The van der Waals surface area contributed by atoms with E-state index in [1.54, 1.807) is 6.92 Å². The van der Waals surface area contributed by atoms with Crippen molar-refractivity contribution in [2.75, 3.05) is 32.9 Å². The summed E-state index contributed by atoms with van der Waals surface area (Å²) in [5.74, 6) is -2.30. The SMILES string of the molecule is CC(C)C[C@H](NC(=O)[C@H](Cc1ccccc1)N1C(=O)[C@@H](NC(=O)[C@H](CCc2ccccc2)NC(=O)Cc2cc(OC(=O)N3CCOCC3)on2)CC1C)C(=O)C1(C)CO1. The fourth-order valence-corrected chi connectivity index (χ4v) is 7.51. The van der Waals surface area contributed by atoms with Gasteiger partial charge in [-0.05, 0) is 56.6 Å². The number of hydrogen-bond acceptors (Lipinski definition) is 11. The van der Waals surface area contributed by atoms with E-state index in [4.69, 9.17) is 18.7 Å². The molecule has 3 N–H and O–H groups in total. The number of nitrogens with one attached hydrogen (secondary N) is 3. The van der Waals surface area contributed by atoms with Crippen molar-refractivity contribution in [3.63, 3.8) is 0 Å². The number of hydrogen-bond donors (Lipinski definition) is 3. The fraction of sp³-hybridized carbons (Fsp3) is 0.512. The van der Waals surface area contributed by atoms with Crippen LogP contribution in [0.15, 0.2) is 71.3 Å². The monoisotopic (exact) mass is 814 g/mol. The third kappa shape index (κ3) is 11.5. The molecule has 316 valence electrons. The second-order valence-corrected chi connectivity index (χ2v) is 16.1. The zero-order chi connectivity index (χ0) is 42.1. The molecular formula is C43H54N6O10. The molecule has 59 heavy (non-hydrogen) atoms. The van der Waals surface area contributed by atoms with Crippen molar-refractivity contribution in [1.82, 2.24) is 30.9 Å². The maximum atomic E-state index is 14.3. The van der Waals surface area contributed by atoms with E-state index in [1.165, 1.54) is 15.9 Å². The van der Waals surface area contributed by atoms with Crippen LogP contribution in [0, 0.1) is 5.92 Å². The number of likely N-dealkylation sites (tertiary alicyclic amines) is 1. The second-order valence-electron chi connectivity index (χ2n) is 16.1. The lowest BCUT2D eigenvalue weighted by Gasteiger charge is -2.33. The van der Waals surface area contributed by atoms with Gasteiger partial charge in [-0.3, -0.25) is 24.0 Å². The van der Waals surface area contributed by atoms with Gasteiger partial charge in [0.1, 0.15) is 23.7 Å². The minimum atomic E-state index is -1.04. The standard InChI is InChI=1S/C43H54N6O10/c1-27(2)21-33(38(51)43(4)26-57-43)45-40(53)35(23-30-13-9-6-10-14-30)49-28(3)22-34(41(49)54)46-39(52)32(16-15-29-11-7-5-8-12-29)44-36(50)24-31-25-37(59-47-31)58-42(55)48-17-19-56-20-18-48/h5-14,25,27-28,32-35H,15-24,26H2,1-4H3,(H,44,50)(H,45,53)(H,46,52)/t28?,32-,33-,34-,35-,43?/m0/s1. The van der Waals surface area contributed by atoms with Crippen LogP contribution in [0.5, 0.6) is 5.95 Å². The molecule has 16 heteroatoms. The largest absolute Gasteiger partial charge is 0.417 e. The molecule has 3 aliphatic heterocycles. The number of nitrogens with zero attached hydrogens (tertiary/aromatic N) is 3. The highest BCUT2D eigenvalue weighted by Gasteiger charge is 2.51. The van der Waals surface area contributed by atoms with E-state index in [-0.39, 0.29) is 55.6 Å². The molecule has 6 atom stereocenters. The van der Waals surface area contributed by atoms with Crippen molar-refractivity contribution >= 4 is 35.5 Å². The summed E-state index contributed by atoms with van der Waals surface area (Å²) < 4.78 is 21.1. The van der Waals surface area contributed by atoms with E-state index in [0.29, 0.717) is 39.1 Å². The van der Waals surface area contributed by atoms with Crippen LogP contribution in [-0.2, 0) is 52.7 Å². The molecule has 1 aromatic heterocycles. The number of aryl methyl sites for hydroxylation is 1. The summed E-state index contributed by atoms with van der Waals surface area (Å²) in [5, 5.41) is 12.5. The molecule has 0 aliphatic carbocycles. The average molecular weight is 815 g/mol. The Morgan fingerprint density at radius 1 is 0.932 bits per heavy atom. The highest BCUT2D eigenvalue weighted by molar-refractivity contribution is 5.99. The molecule has 16 nitrogen and oxygen atoms in total. The van der Waals surface area contributed by atoms with Crippen LogP contribution < -0.4 is 20.7 Å². The van der Waals surface area contributed by atoms with Gasteiger partial charge in [-0.2, -0.15) is 0 Å². The molecule has 2 aromatic carbocycles. The van der Waals surface area contributed by atoms with Crippen LogP contribution in [0.2, 0.25) is 0 Å². The lowest BCUT2D eigenvalue weighted by Crippen LogP contribution is -2.57. The van der Waals surface area contributed by atoms with Gasteiger partial charge in [-0.1, -0.05) is 79.7 Å². The number of carbonyl (C=O) groups is 6. The molecule has 4 heterocycles. The highest BCUT2D eigenvalue weighted by atomic mass is 16.7.